The number of guanidine groups is 1. The van der Waals surface area contributed by atoms with Crippen LogP contribution in [0.3, 0.4) is 0 Å². The standard InChI is InChI=1S/C13H28N4O3S/c1-4-14-13(15-6-7-17(2)8-9-20-3)16-12-5-10-21(18,19)11-12/h12H,4-11H2,1-3H3,(H2,14,15,16). The molecule has 8 heteroatoms. The number of sulfone groups is 1. The Morgan fingerprint density at radius 2 is 2.19 bits per heavy atom. The van der Waals surface area contributed by atoms with E-state index in [1.807, 2.05) is 14.0 Å². The SMILES string of the molecule is CCNC(=NCCN(C)CCOC)NC1CCS(=O)(=O)C1. The van der Waals surface area contributed by atoms with Crippen molar-refractivity contribution in [2.75, 3.05) is 58.4 Å². The average molecular weight is 320 g/mol. The lowest BCUT2D eigenvalue weighted by Crippen LogP contribution is -2.44. The van der Waals surface area contributed by atoms with Gasteiger partial charge in [-0.25, -0.2) is 8.42 Å². The van der Waals surface area contributed by atoms with E-state index in [0.29, 0.717) is 25.5 Å². The zero-order valence-corrected chi connectivity index (χ0v) is 14.1. The van der Waals surface area contributed by atoms with Gasteiger partial charge < -0.3 is 20.3 Å². The van der Waals surface area contributed by atoms with Gasteiger partial charge in [-0.2, -0.15) is 0 Å². The van der Waals surface area contributed by atoms with Crippen LogP contribution in [-0.4, -0.2) is 83.8 Å². The van der Waals surface area contributed by atoms with Crippen LogP contribution in [0.15, 0.2) is 4.99 Å². The molecule has 1 heterocycles. The van der Waals surface area contributed by atoms with Crippen LogP contribution in [0, 0.1) is 0 Å². The molecule has 1 saturated heterocycles. The first-order valence-corrected chi connectivity index (χ1v) is 9.21. The summed E-state index contributed by atoms with van der Waals surface area (Å²) in [7, 11) is 0.848. The Morgan fingerprint density at radius 1 is 1.43 bits per heavy atom. The molecule has 21 heavy (non-hydrogen) atoms. The van der Waals surface area contributed by atoms with E-state index >= 15 is 0 Å². The predicted octanol–water partition coefficient (Wildman–Crippen LogP) is -0.693. The number of nitrogens with zero attached hydrogens (tertiary/aromatic N) is 2. The predicted molar refractivity (Wildman–Crippen MR) is 85.5 cm³/mol. The van der Waals surface area contributed by atoms with Crippen molar-refractivity contribution in [3.63, 3.8) is 0 Å². The van der Waals surface area contributed by atoms with Gasteiger partial charge in [-0.3, -0.25) is 4.99 Å². The lowest BCUT2D eigenvalue weighted by Gasteiger charge is -2.17. The molecule has 0 aromatic heterocycles. The maximum absolute atomic E-state index is 11.5. The summed E-state index contributed by atoms with van der Waals surface area (Å²) in [5.74, 6) is 1.16. The third-order valence-corrected chi connectivity index (χ3v) is 5.11. The molecule has 1 rings (SSSR count). The van der Waals surface area contributed by atoms with E-state index in [0.717, 1.165) is 19.6 Å². The van der Waals surface area contributed by atoms with Crippen molar-refractivity contribution in [3.05, 3.63) is 0 Å². The van der Waals surface area contributed by atoms with Gasteiger partial charge in [-0.05, 0) is 20.4 Å². The van der Waals surface area contributed by atoms with E-state index in [-0.39, 0.29) is 17.5 Å². The Balaban J connectivity index is 2.39. The van der Waals surface area contributed by atoms with Crippen LogP contribution in [-0.2, 0) is 14.6 Å². The minimum Gasteiger partial charge on any atom is -0.383 e. The maximum atomic E-state index is 11.5. The van der Waals surface area contributed by atoms with E-state index in [1.54, 1.807) is 7.11 Å². The first-order chi connectivity index (χ1) is 9.96. The highest BCUT2D eigenvalue weighted by molar-refractivity contribution is 7.91. The molecule has 7 nitrogen and oxygen atoms in total. The minimum atomic E-state index is -2.87. The molecule has 0 amide bonds. The van der Waals surface area contributed by atoms with Gasteiger partial charge in [0.2, 0.25) is 0 Å². The Bertz CT molecular complexity index is 425. The normalized spacial score (nSPS) is 21.7. The van der Waals surface area contributed by atoms with Gasteiger partial charge in [0.15, 0.2) is 15.8 Å². The number of likely N-dealkylation sites (N-methyl/N-ethyl adjacent to an activating group) is 1. The molecule has 124 valence electrons. The van der Waals surface area contributed by atoms with Crippen LogP contribution < -0.4 is 10.6 Å². The third-order valence-electron chi connectivity index (χ3n) is 3.35. The molecule has 1 unspecified atom stereocenters. The number of aliphatic imine (C=N–C) groups is 1. The van der Waals surface area contributed by atoms with E-state index in [1.165, 1.54) is 0 Å². The van der Waals surface area contributed by atoms with Crippen molar-refractivity contribution in [1.29, 1.82) is 0 Å². The second-order valence-electron chi connectivity index (χ2n) is 5.30. The highest BCUT2D eigenvalue weighted by Gasteiger charge is 2.28. The molecule has 1 fully saturated rings. The lowest BCUT2D eigenvalue weighted by molar-refractivity contribution is 0.163. The molecule has 0 saturated carbocycles. The molecular weight excluding hydrogens is 292 g/mol. The summed E-state index contributed by atoms with van der Waals surface area (Å²) in [4.78, 5) is 6.64. The van der Waals surface area contributed by atoms with Gasteiger partial charge in [0, 0.05) is 32.8 Å². The number of rotatable bonds is 8. The molecule has 0 spiro atoms. The van der Waals surface area contributed by atoms with Crippen molar-refractivity contribution in [1.82, 2.24) is 15.5 Å². The van der Waals surface area contributed by atoms with Gasteiger partial charge in [0.05, 0.1) is 24.7 Å². The van der Waals surface area contributed by atoms with E-state index in [2.05, 4.69) is 20.5 Å². The minimum absolute atomic E-state index is 0.0287. The van der Waals surface area contributed by atoms with Gasteiger partial charge in [-0.1, -0.05) is 0 Å². The van der Waals surface area contributed by atoms with Gasteiger partial charge >= 0.3 is 0 Å². The number of ether oxygens (including phenoxy) is 1. The number of hydrogen-bond acceptors (Lipinski definition) is 5. The Kier molecular flexibility index (Phi) is 7.98. The molecule has 0 aromatic rings. The second kappa shape index (κ2) is 9.22. The van der Waals surface area contributed by atoms with Crippen LogP contribution in [0.5, 0.6) is 0 Å². The molecule has 2 N–H and O–H groups in total. The fraction of sp³-hybridized carbons (Fsp3) is 0.923. The Labute approximate surface area is 128 Å². The van der Waals surface area contributed by atoms with Crippen molar-refractivity contribution < 1.29 is 13.2 Å². The second-order valence-corrected chi connectivity index (χ2v) is 7.53. The zero-order valence-electron chi connectivity index (χ0n) is 13.3. The molecule has 0 aliphatic carbocycles. The zero-order chi connectivity index (χ0) is 15.7. The lowest BCUT2D eigenvalue weighted by atomic mass is 10.3. The van der Waals surface area contributed by atoms with E-state index in [9.17, 15) is 8.42 Å². The summed E-state index contributed by atoms with van der Waals surface area (Å²) in [5, 5.41) is 6.36. The molecule has 1 aliphatic rings. The molecule has 0 aromatic carbocycles. The van der Waals surface area contributed by atoms with Crippen LogP contribution in [0.4, 0.5) is 0 Å². The molecule has 1 atom stereocenters. The maximum Gasteiger partial charge on any atom is 0.191 e. The molecule has 0 bridgehead atoms. The van der Waals surface area contributed by atoms with Crippen molar-refractivity contribution >= 4 is 15.8 Å². The summed E-state index contributed by atoms with van der Waals surface area (Å²) >= 11 is 0. The quantitative estimate of drug-likeness (QED) is 0.455. The number of nitrogens with one attached hydrogen (secondary N) is 2. The van der Waals surface area contributed by atoms with Crippen molar-refractivity contribution in [2.45, 2.75) is 19.4 Å². The van der Waals surface area contributed by atoms with Crippen LogP contribution in [0.1, 0.15) is 13.3 Å². The molecule has 1 aliphatic heterocycles. The van der Waals surface area contributed by atoms with Gasteiger partial charge in [0.25, 0.3) is 0 Å². The first-order valence-electron chi connectivity index (χ1n) is 7.39. The molecule has 0 radical (unpaired) electrons. The van der Waals surface area contributed by atoms with E-state index in [4.69, 9.17) is 4.74 Å². The summed E-state index contributed by atoms with van der Waals surface area (Å²) in [6.45, 7) is 5.82. The van der Waals surface area contributed by atoms with Gasteiger partial charge in [-0.15, -0.1) is 0 Å². The van der Waals surface area contributed by atoms with Crippen LogP contribution in [0.25, 0.3) is 0 Å². The third kappa shape index (κ3) is 7.63. The highest BCUT2D eigenvalue weighted by atomic mass is 32.2. The van der Waals surface area contributed by atoms with Crippen molar-refractivity contribution in [2.24, 2.45) is 4.99 Å². The number of hydrogen-bond donors (Lipinski definition) is 2. The largest absolute Gasteiger partial charge is 0.383 e. The average Bonchev–Trinajstić information content (AvgIpc) is 2.75. The smallest absolute Gasteiger partial charge is 0.191 e. The summed E-state index contributed by atoms with van der Waals surface area (Å²) in [5.41, 5.74) is 0. The summed E-state index contributed by atoms with van der Waals surface area (Å²) in [6.07, 6.45) is 0.653. The van der Waals surface area contributed by atoms with Crippen molar-refractivity contribution in [3.8, 4) is 0 Å². The topological polar surface area (TPSA) is 83.0 Å². The number of methoxy groups -OCH3 is 1. The highest BCUT2D eigenvalue weighted by Crippen LogP contribution is 2.10. The first kappa shape index (κ1) is 18.2. The summed E-state index contributed by atoms with van der Waals surface area (Å²) in [6, 6.07) is -0.0287. The Morgan fingerprint density at radius 3 is 2.76 bits per heavy atom. The Hall–Kier alpha value is -0.860. The van der Waals surface area contributed by atoms with E-state index < -0.39 is 9.84 Å². The van der Waals surface area contributed by atoms with Gasteiger partial charge in [0.1, 0.15) is 0 Å². The van der Waals surface area contributed by atoms with Crippen LogP contribution >= 0.6 is 0 Å². The fourth-order valence-corrected chi connectivity index (χ4v) is 3.79. The summed E-state index contributed by atoms with van der Waals surface area (Å²) < 4.78 is 28.0. The monoisotopic (exact) mass is 320 g/mol. The van der Waals surface area contributed by atoms with Crippen LogP contribution in [0.2, 0.25) is 0 Å². The molecular formula is C13H28N4O3S. The fourth-order valence-electron chi connectivity index (χ4n) is 2.11.